The average Bonchev–Trinajstić information content (AvgIpc) is 3.77. The lowest BCUT2D eigenvalue weighted by atomic mass is 9.98. The average molecular weight is 846 g/mol. The monoisotopic (exact) mass is 845 g/mol. The Balaban J connectivity index is 1.25. The van der Waals surface area contributed by atoms with Crippen LogP contribution in [0.1, 0.15) is 68.0 Å². The maximum absolute atomic E-state index is 14.2. The lowest BCUT2D eigenvalue weighted by Gasteiger charge is -2.28. The van der Waals surface area contributed by atoms with Crippen LogP contribution in [0.15, 0.2) is 84.9 Å². The first-order valence-corrected chi connectivity index (χ1v) is 21.5. The number of aryl methyl sites for hydroxylation is 3. The number of aliphatic hydroxyl groups excluding tert-OH is 1. The number of para-hydroxylation sites is 1. The van der Waals surface area contributed by atoms with Crippen molar-refractivity contribution in [1.29, 1.82) is 0 Å². The fraction of sp³-hybridized carbons (Fsp3) is 0.408. The topological polar surface area (TPSA) is 130 Å². The Hall–Kier alpha value is -6.05. The predicted octanol–water partition coefficient (Wildman–Crippen LogP) is 8.55. The van der Waals surface area contributed by atoms with Crippen molar-refractivity contribution in [3.05, 3.63) is 108 Å². The van der Waals surface area contributed by atoms with Crippen LogP contribution in [0.5, 0.6) is 11.5 Å². The molecule has 1 aliphatic heterocycles. The summed E-state index contributed by atoms with van der Waals surface area (Å²) in [5.74, 6) is 1.07. The van der Waals surface area contributed by atoms with E-state index >= 15 is 0 Å². The number of morpholine rings is 1. The van der Waals surface area contributed by atoms with Crippen LogP contribution in [0.3, 0.4) is 0 Å². The minimum Gasteiger partial charge on any atom is -0.493 e. The molecule has 62 heavy (non-hydrogen) atoms. The summed E-state index contributed by atoms with van der Waals surface area (Å²) in [6.45, 7) is 11.7. The number of hydrogen-bond donors (Lipinski definition) is 1. The van der Waals surface area contributed by atoms with E-state index in [0.717, 1.165) is 62.9 Å². The molecule has 1 fully saturated rings. The van der Waals surface area contributed by atoms with E-state index in [4.69, 9.17) is 28.8 Å². The molecule has 0 unspecified atom stereocenters. The summed E-state index contributed by atoms with van der Waals surface area (Å²) in [7, 11) is 3.53. The van der Waals surface area contributed by atoms with Crippen LogP contribution in [-0.4, -0.2) is 95.1 Å². The highest BCUT2D eigenvalue weighted by atomic mass is 16.6. The molecule has 3 heterocycles. The third kappa shape index (κ3) is 10.0. The van der Waals surface area contributed by atoms with Crippen LogP contribution in [0.2, 0.25) is 0 Å². The zero-order valence-corrected chi connectivity index (χ0v) is 36.8. The zero-order chi connectivity index (χ0) is 43.8. The summed E-state index contributed by atoms with van der Waals surface area (Å²) in [6.07, 6.45) is 1.25. The van der Waals surface area contributed by atoms with Gasteiger partial charge in [0.05, 0.1) is 44.2 Å². The van der Waals surface area contributed by atoms with Gasteiger partial charge < -0.3 is 43.2 Å². The van der Waals surface area contributed by atoms with Crippen LogP contribution >= 0.6 is 0 Å². The Labute approximate surface area is 363 Å². The molecule has 1 amide bonds. The van der Waals surface area contributed by atoms with E-state index in [1.165, 1.54) is 0 Å². The summed E-state index contributed by atoms with van der Waals surface area (Å²) in [5.41, 5.74) is 5.35. The number of rotatable bonds is 17. The Morgan fingerprint density at radius 2 is 1.63 bits per heavy atom. The number of benzene rings is 4. The van der Waals surface area contributed by atoms with Gasteiger partial charge in [0.15, 0.2) is 0 Å². The van der Waals surface area contributed by atoms with Crippen molar-refractivity contribution in [1.82, 2.24) is 19.2 Å². The molecule has 0 radical (unpaired) electrons. The minimum absolute atomic E-state index is 0.140. The second-order valence-electron chi connectivity index (χ2n) is 16.5. The molecule has 1 aliphatic rings. The molecule has 2 aromatic heterocycles. The molecule has 0 bridgehead atoms. The van der Waals surface area contributed by atoms with Crippen molar-refractivity contribution >= 4 is 39.4 Å². The Morgan fingerprint density at radius 3 is 2.37 bits per heavy atom. The molecular formula is C49H59N5O8. The van der Waals surface area contributed by atoms with Gasteiger partial charge in [-0.15, -0.1) is 0 Å². The van der Waals surface area contributed by atoms with Crippen molar-refractivity contribution in [3.63, 3.8) is 0 Å². The van der Waals surface area contributed by atoms with Crippen molar-refractivity contribution in [2.75, 3.05) is 58.0 Å². The Bertz CT molecular complexity index is 2470. The quantitative estimate of drug-likeness (QED) is 0.0705. The first-order valence-electron chi connectivity index (χ1n) is 21.5. The van der Waals surface area contributed by atoms with Gasteiger partial charge in [0, 0.05) is 67.9 Å². The summed E-state index contributed by atoms with van der Waals surface area (Å²) < 4.78 is 33.4. The van der Waals surface area contributed by atoms with Gasteiger partial charge in [-0.25, -0.2) is 9.59 Å². The van der Waals surface area contributed by atoms with E-state index in [9.17, 15) is 14.7 Å². The van der Waals surface area contributed by atoms with E-state index in [1.807, 2.05) is 87.0 Å². The van der Waals surface area contributed by atoms with E-state index in [-0.39, 0.29) is 19.8 Å². The second kappa shape index (κ2) is 19.8. The van der Waals surface area contributed by atoms with E-state index in [1.54, 1.807) is 23.6 Å². The smallest absolute Gasteiger partial charge is 0.410 e. The second-order valence-corrected chi connectivity index (χ2v) is 16.5. The number of aromatic nitrogens is 3. The fourth-order valence-electron chi connectivity index (χ4n) is 8.18. The van der Waals surface area contributed by atoms with Crippen LogP contribution < -0.4 is 14.4 Å². The van der Waals surface area contributed by atoms with Gasteiger partial charge >= 0.3 is 12.1 Å². The molecule has 7 rings (SSSR count). The molecule has 6 aromatic rings. The summed E-state index contributed by atoms with van der Waals surface area (Å²) in [6, 6.07) is 28.2. The molecular weight excluding hydrogens is 787 g/mol. The van der Waals surface area contributed by atoms with Crippen LogP contribution in [0, 0.1) is 0 Å². The number of amides is 1. The first kappa shape index (κ1) is 44.0. The van der Waals surface area contributed by atoms with Gasteiger partial charge in [0.1, 0.15) is 35.1 Å². The molecule has 13 heteroatoms. The standard InChI is InChI=1S/C49H59N5O8/c1-7-59-47(56)46-39(19-12-29-60-43-20-10-15-34-14-8-9-16-37(34)43)38-17-11-18-40(45(38)54(46)26-13-25-51(5)48(57)62-49(2,3)4)44-41(50-52(6)42(44)32-55)33-61-36-23-21-35(22-24-36)53-27-30-58-31-28-53/h8-11,14-18,20-24,55H,7,12-13,19,25-33H2,1-6H3. The third-order valence-corrected chi connectivity index (χ3v) is 11.1. The highest BCUT2D eigenvalue weighted by molar-refractivity contribution is 6.05. The van der Waals surface area contributed by atoms with Crippen molar-refractivity contribution in [2.24, 2.45) is 7.05 Å². The number of carbonyl (C=O) groups excluding carboxylic acids is 2. The van der Waals surface area contributed by atoms with E-state index < -0.39 is 17.7 Å². The SMILES string of the molecule is CCOC(=O)c1c(CCCOc2cccc3ccccc23)c2cccc(-c3c(COc4ccc(N5CCOCC5)cc4)nn(C)c3CO)c2n1CCCN(C)C(=O)OC(C)(C)C. The van der Waals surface area contributed by atoms with Crippen molar-refractivity contribution in [2.45, 2.75) is 72.3 Å². The Morgan fingerprint density at radius 1 is 0.903 bits per heavy atom. The van der Waals surface area contributed by atoms with Crippen LogP contribution in [0.4, 0.5) is 10.5 Å². The minimum atomic E-state index is -0.637. The summed E-state index contributed by atoms with van der Waals surface area (Å²) in [5, 5.41) is 18.8. The highest BCUT2D eigenvalue weighted by Gasteiger charge is 2.29. The normalized spacial score (nSPS) is 13.1. The summed E-state index contributed by atoms with van der Waals surface area (Å²) >= 11 is 0. The summed E-state index contributed by atoms with van der Waals surface area (Å²) in [4.78, 5) is 31.0. The number of fused-ring (bicyclic) bond motifs is 2. The largest absolute Gasteiger partial charge is 0.493 e. The number of esters is 1. The number of carbonyl (C=O) groups is 2. The van der Waals surface area contributed by atoms with E-state index in [2.05, 4.69) is 35.2 Å². The van der Waals surface area contributed by atoms with Crippen molar-refractivity contribution in [3.8, 4) is 22.6 Å². The number of nitrogens with zero attached hydrogens (tertiary/aromatic N) is 5. The van der Waals surface area contributed by atoms with E-state index in [0.29, 0.717) is 75.0 Å². The molecule has 328 valence electrons. The maximum Gasteiger partial charge on any atom is 0.410 e. The molecule has 0 saturated carbocycles. The highest BCUT2D eigenvalue weighted by Crippen LogP contribution is 2.39. The first-order chi connectivity index (χ1) is 30.0. The van der Waals surface area contributed by atoms with Crippen molar-refractivity contribution < 1.29 is 38.4 Å². The van der Waals surface area contributed by atoms with Gasteiger partial charge in [0.2, 0.25) is 0 Å². The number of hydrogen-bond acceptors (Lipinski definition) is 10. The third-order valence-electron chi connectivity index (χ3n) is 11.1. The molecule has 4 aromatic carbocycles. The Kier molecular flexibility index (Phi) is 14.0. The van der Waals surface area contributed by atoms with Crippen LogP contribution in [-0.2, 0) is 47.4 Å². The molecule has 0 aliphatic carbocycles. The maximum atomic E-state index is 14.2. The van der Waals surface area contributed by atoms with Crippen LogP contribution in [0.25, 0.3) is 32.8 Å². The molecule has 13 nitrogen and oxygen atoms in total. The van der Waals surface area contributed by atoms with Gasteiger partial charge in [0.25, 0.3) is 0 Å². The molecule has 1 saturated heterocycles. The van der Waals surface area contributed by atoms with Gasteiger partial charge in [-0.3, -0.25) is 4.68 Å². The fourth-order valence-corrected chi connectivity index (χ4v) is 8.18. The number of aliphatic hydroxyl groups is 1. The number of anilines is 1. The predicted molar refractivity (Wildman–Crippen MR) is 241 cm³/mol. The van der Waals surface area contributed by atoms with Gasteiger partial charge in [-0.2, -0.15) is 5.10 Å². The molecule has 0 atom stereocenters. The molecule has 1 N–H and O–H groups in total. The molecule has 0 spiro atoms. The lowest BCUT2D eigenvalue weighted by molar-refractivity contribution is 0.0294. The van der Waals surface area contributed by atoms with Gasteiger partial charge in [-0.05, 0) is 88.2 Å². The van der Waals surface area contributed by atoms with Gasteiger partial charge in [-0.1, -0.05) is 54.6 Å². The lowest BCUT2D eigenvalue weighted by Crippen LogP contribution is -2.36. The zero-order valence-electron chi connectivity index (χ0n) is 36.8. The number of ether oxygens (including phenoxy) is 5.